The Kier molecular flexibility index (Phi) is 11.9. The third kappa shape index (κ3) is 9.01. The van der Waals surface area contributed by atoms with Gasteiger partial charge in [-0.3, -0.25) is 9.59 Å². The highest BCUT2D eigenvalue weighted by molar-refractivity contribution is 5.85. The van der Waals surface area contributed by atoms with Crippen LogP contribution in [0.1, 0.15) is 58.9 Å². The lowest BCUT2D eigenvalue weighted by Crippen LogP contribution is -2.47. The maximum absolute atomic E-state index is 12.6. The number of aryl methyl sites for hydroxylation is 1. The first-order valence-corrected chi connectivity index (χ1v) is 12.8. The van der Waals surface area contributed by atoms with Gasteiger partial charge in [0.15, 0.2) is 0 Å². The Bertz CT molecular complexity index is 811. The number of nitrogens with one attached hydrogen (secondary N) is 3. The number of benzene rings is 1. The number of fused-ring (bicyclic) bond motifs is 1. The normalized spacial score (nSPS) is 23.7. The van der Waals surface area contributed by atoms with Crippen LogP contribution in [-0.2, 0) is 16.0 Å². The van der Waals surface area contributed by atoms with Crippen molar-refractivity contribution >= 4 is 11.8 Å². The molecule has 0 fully saturated rings. The molecule has 0 radical (unpaired) electrons. The highest BCUT2D eigenvalue weighted by atomic mass is 16.5. The van der Waals surface area contributed by atoms with Gasteiger partial charge in [0.25, 0.3) is 0 Å². The van der Waals surface area contributed by atoms with Crippen LogP contribution in [0, 0.1) is 5.92 Å². The topological polar surface area (TPSA) is 82.7 Å². The van der Waals surface area contributed by atoms with Gasteiger partial charge in [-0.15, -0.1) is 0 Å². The standard InChI is InChI=1S/C27H44N4O3/c1-6-8-14-23-27(20(3)7-2)30-17-21(4)34-24-15-10-9-12-22(24)13-11-16-28-25(32)18-29-26(33)19-31(23)5/h9-10,12,14-15,20-21,27,30H,6-8,11,13,16-19H2,1-5H3,(H,28,32)(H,29,33)/b23-14+/t20?,21-,27?/m1/s1. The van der Waals surface area contributed by atoms with Gasteiger partial charge in [0.05, 0.1) is 13.1 Å². The molecule has 1 heterocycles. The number of hydrogen-bond donors (Lipinski definition) is 3. The number of para-hydroxylation sites is 1. The zero-order chi connectivity index (χ0) is 24.9. The fourth-order valence-corrected chi connectivity index (χ4v) is 4.13. The van der Waals surface area contributed by atoms with Gasteiger partial charge in [0.2, 0.25) is 11.8 Å². The van der Waals surface area contributed by atoms with Crippen molar-refractivity contribution in [3.8, 4) is 5.75 Å². The Hall–Kier alpha value is -2.54. The van der Waals surface area contributed by atoms with Crippen molar-refractivity contribution in [1.82, 2.24) is 20.9 Å². The van der Waals surface area contributed by atoms with E-state index in [1.165, 1.54) is 0 Å². The Morgan fingerprint density at radius 1 is 1.18 bits per heavy atom. The van der Waals surface area contributed by atoms with Crippen LogP contribution in [0.15, 0.2) is 36.0 Å². The lowest BCUT2D eigenvalue weighted by molar-refractivity contribution is -0.126. The van der Waals surface area contributed by atoms with Crippen LogP contribution in [0.2, 0.25) is 0 Å². The quantitative estimate of drug-likeness (QED) is 0.627. The first-order valence-electron chi connectivity index (χ1n) is 12.8. The van der Waals surface area contributed by atoms with Crippen LogP contribution in [0.3, 0.4) is 0 Å². The van der Waals surface area contributed by atoms with E-state index in [0.717, 1.165) is 49.1 Å². The highest BCUT2D eigenvalue weighted by Gasteiger charge is 2.25. The van der Waals surface area contributed by atoms with Crippen LogP contribution in [-0.4, -0.2) is 62.1 Å². The van der Waals surface area contributed by atoms with E-state index < -0.39 is 0 Å². The lowest BCUT2D eigenvalue weighted by atomic mass is 9.94. The number of rotatable bonds is 4. The van der Waals surface area contributed by atoms with E-state index >= 15 is 0 Å². The fourth-order valence-electron chi connectivity index (χ4n) is 4.13. The van der Waals surface area contributed by atoms with Crippen LogP contribution in [0.4, 0.5) is 0 Å². The second-order valence-corrected chi connectivity index (χ2v) is 9.31. The number of allylic oxidation sites excluding steroid dienone is 1. The summed E-state index contributed by atoms with van der Waals surface area (Å²) in [6.07, 6.45) is 6.82. The molecule has 1 aromatic carbocycles. The summed E-state index contributed by atoms with van der Waals surface area (Å²) in [6, 6.07) is 8.21. The number of hydrogen-bond acceptors (Lipinski definition) is 5. The van der Waals surface area contributed by atoms with Crippen LogP contribution in [0.5, 0.6) is 5.75 Å². The molecule has 0 aliphatic carbocycles. The number of amides is 2. The molecule has 0 spiro atoms. The second-order valence-electron chi connectivity index (χ2n) is 9.31. The zero-order valence-corrected chi connectivity index (χ0v) is 21.7. The first kappa shape index (κ1) is 27.7. The lowest BCUT2D eigenvalue weighted by Gasteiger charge is -2.34. The SMILES string of the molecule is CCC/C=C1\C(C(C)CC)NC[C@@H](C)Oc2ccccc2CCCNC(=O)CNC(=O)CN1C. The van der Waals surface area contributed by atoms with Gasteiger partial charge in [0, 0.05) is 31.9 Å². The second kappa shape index (κ2) is 14.7. The average Bonchev–Trinajstić information content (AvgIpc) is 2.82. The Morgan fingerprint density at radius 3 is 2.68 bits per heavy atom. The third-order valence-electron chi connectivity index (χ3n) is 6.31. The zero-order valence-electron chi connectivity index (χ0n) is 21.7. The van der Waals surface area contributed by atoms with E-state index in [-0.39, 0.29) is 37.0 Å². The van der Waals surface area contributed by atoms with E-state index in [1.54, 1.807) is 0 Å². The number of unbranched alkanes of at least 4 members (excludes halogenated alkanes) is 1. The molecule has 34 heavy (non-hydrogen) atoms. The molecule has 2 rings (SSSR count). The van der Waals surface area contributed by atoms with E-state index in [4.69, 9.17) is 4.74 Å². The van der Waals surface area contributed by atoms with Crippen molar-refractivity contribution in [2.24, 2.45) is 5.92 Å². The molecule has 1 aliphatic rings. The fraction of sp³-hybridized carbons (Fsp3) is 0.630. The summed E-state index contributed by atoms with van der Waals surface area (Å²) < 4.78 is 6.34. The van der Waals surface area contributed by atoms with Crippen molar-refractivity contribution in [2.75, 3.05) is 33.2 Å². The maximum atomic E-state index is 12.6. The van der Waals surface area contributed by atoms with E-state index in [9.17, 15) is 9.59 Å². The molecule has 3 atom stereocenters. The van der Waals surface area contributed by atoms with Crippen molar-refractivity contribution < 1.29 is 14.3 Å². The Balaban J connectivity index is 2.29. The summed E-state index contributed by atoms with van der Waals surface area (Å²) >= 11 is 0. The molecule has 0 saturated carbocycles. The van der Waals surface area contributed by atoms with Crippen molar-refractivity contribution in [1.29, 1.82) is 0 Å². The highest BCUT2D eigenvalue weighted by Crippen LogP contribution is 2.22. The maximum Gasteiger partial charge on any atom is 0.239 e. The molecule has 0 saturated heterocycles. The minimum atomic E-state index is -0.170. The van der Waals surface area contributed by atoms with Gasteiger partial charge in [0.1, 0.15) is 11.9 Å². The summed E-state index contributed by atoms with van der Waals surface area (Å²) in [5, 5.41) is 9.39. The molecule has 1 aliphatic heterocycles. The number of ether oxygens (including phenoxy) is 1. The number of carbonyl (C=O) groups excluding carboxylic acids is 2. The van der Waals surface area contributed by atoms with Crippen molar-refractivity contribution in [2.45, 2.75) is 71.9 Å². The predicted molar refractivity (Wildman–Crippen MR) is 138 cm³/mol. The monoisotopic (exact) mass is 472 g/mol. The number of nitrogens with zero attached hydrogens (tertiary/aromatic N) is 1. The van der Waals surface area contributed by atoms with Crippen LogP contribution >= 0.6 is 0 Å². The molecule has 7 nitrogen and oxygen atoms in total. The Labute approximate surface area is 205 Å². The van der Waals surface area contributed by atoms with Crippen molar-refractivity contribution in [3.63, 3.8) is 0 Å². The van der Waals surface area contributed by atoms with Gasteiger partial charge in [-0.2, -0.15) is 0 Å². The van der Waals surface area contributed by atoms with Crippen molar-refractivity contribution in [3.05, 3.63) is 41.6 Å². The van der Waals surface area contributed by atoms with Gasteiger partial charge in [-0.05, 0) is 43.7 Å². The largest absolute Gasteiger partial charge is 0.489 e. The molecular formula is C27H44N4O3. The number of likely N-dealkylation sites (N-methyl/N-ethyl adjacent to an activating group) is 1. The smallest absolute Gasteiger partial charge is 0.239 e. The summed E-state index contributed by atoms with van der Waals surface area (Å²) in [4.78, 5) is 26.8. The summed E-state index contributed by atoms with van der Waals surface area (Å²) in [7, 11) is 1.95. The van der Waals surface area contributed by atoms with Gasteiger partial charge < -0.3 is 25.6 Å². The molecule has 2 unspecified atom stereocenters. The van der Waals surface area contributed by atoms with E-state index in [0.29, 0.717) is 19.0 Å². The van der Waals surface area contributed by atoms with Gasteiger partial charge in [-0.25, -0.2) is 0 Å². The minimum Gasteiger partial charge on any atom is -0.489 e. The summed E-state index contributed by atoms with van der Waals surface area (Å²) in [6.45, 7) is 10.1. The summed E-state index contributed by atoms with van der Waals surface area (Å²) in [5.41, 5.74) is 2.25. The van der Waals surface area contributed by atoms with Gasteiger partial charge >= 0.3 is 0 Å². The van der Waals surface area contributed by atoms with Crippen LogP contribution in [0.25, 0.3) is 0 Å². The Morgan fingerprint density at radius 2 is 1.94 bits per heavy atom. The van der Waals surface area contributed by atoms with E-state index in [1.807, 2.05) is 30.1 Å². The molecular weight excluding hydrogens is 428 g/mol. The molecule has 1 aromatic rings. The molecule has 3 N–H and O–H groups in total. The average molecular weight is 473 g/mol. The molecule has 190 valence electrons. The molecule has 7 heteroatoms. The van der Waals surface area contributed by atoms with E-state index in [2.05, 4.69) is 55.8 Å². The van der Waals surface area contributed by atoms with Gasteiger partial charge in [-0.1, -0.05) is 57.9 Å². The molecule has 0 bridgehead atoms. The summed E-state index contributed by atoms with van der Waals surface area (Å²) in [5.74, 6) is 0.950. The number of carbonyl (C=O) groups is 2. The molecule has 2 amide bonds. The molecule has 0 aromatic heterocycles. The minimum absolute atomic E-state index is 0.00899. The predicted octanol–water partition coefficient (Wildman–Crippen LogP) is 3.25. The third-order valence-corrected chi connectivity index (χ3v) is 6.31. The van der Waals surface area contributed by atoms with Crippen LogP contribution < -0.4 is 20.7 Å². The first-order chi connectivity index (χ1) is 16.3.